The first kappa shape index (κ1) is 12.7. The van der Waals surface area contributed by atoms with E-state index in [0.717, 1.165) is 22.6 Å². The minimum absolute atomic E-state index is 0.244. The van der Waals surface area contributed by atoms with E-state index in [1.165, 1.54) is 16.0 Å². The molecular formula is C16H18O2S. The minimum Gasteiger partial charge on any atom is -0.490 e. The van der Waals surface area contributed by atoms with Gasteiger partial charge in [0.2, 0.25) is 0 Å². The fraction of sp³-hybridized carbons (Fsp3) is 0.375. The van der Waals surface area contributed by atoms with Crippen molar-refractivity contribution >= 4 is 11.3 Å². The van der Waals surface area contributed by atoms with Gasteiger partial charge in [0.15, 0.2) is 0 Å². The summed E-state index contributed by atoms with van der Waals surface area (Å²) in [5, 5.41) is 10.5. The standard InChI is InChI=1S/C16H18O2S/c1-9-6-15(19-11(9)3)16(17)12-4-5-14-13(8-12)7-10(2)18-14/h4-6,8,10,16-17H,7H2,1-3H3. The number of aryl methyl sites for hydroxylation is 2. The summed E-state index contributed by atoms with van der Waals surface area (Å²) in [7, 11) is 0. The molecule has 2 aromatic rings. The molecule has 3 heteroatoms. The fourth-order valence-electron chi connectivity index (χ4n) is 2.51. The maximum Gasteiger partial charge on any atom is 0.123 e. The molecule has 1 N–H and O–H groups in total. The van der Waals surface area contributed by atoms with E-state index in [0.29, 0.717) is 0 Å². The van der Waals surface area contributed by atoms with Gasteiger partial charge in [0.05, 0.1) is 0 Å². The highest BCUT2D eigenvalue weighted by Crippen LogP contribution is 2.35. The number of hydrogen-bond donors (Lipinski definition) is 1. The molecule has 1 aromatic heterocycles. The lowest BCUT2D eigenvalue weighted by atomic mass is 10.0. The molecule has 1 aromatic carbocycles. The highest BCUT2D eigenvalue weighted by molar-refractivity contribution is 7.12. The zero-order valence-corrected chi connectivity index (χ0v) is 12.3. The van der Waals surface area contributed by atoms with Gasteiger partial charge in [0.1, 0.15) is 18.0 Å². The third kappa shape index (κ3) is 2.28. The Labute approximate surface area is 117 Å². The molecule has 0 saturated carbocycles. The van der Waals surface area contributed by atoms with Crippen molar-refractivity contribution in [3.8, 4) is 5.75 Å². The number of thiophene rings is 1. The molecule has 0 spiro atoms. The molecule has 0 radical (unpaired) electrons. The predicted octanol–water partition coefficient (Wildman–Crippen LogP) is 3.77. The summed E-state index contributed by atoms with van der Waals surface area (Å²) in [5.41, 5.74) is 3.41. The monoisotopic (exact) mass is 274 g/mol. The van der Waals surface area contributed by atoms with Gasteiger partial charge in [0.25, 0.3) is 0 Å². The summed E-state index contributed by atoms with van der Waals surface area (Å²) in [4.78, 5) is 2.29. The molecule has 0 bridgehead atoms. The van der Waals surface area contributed by atoms with Gasteiger partial charge in [-0.15, -0.1) is 11.3 Å². The molecule has 2 unspecified atom stereocenters. The van der Waals surface area contributed by atoms with Crippen LogP contribution in [0.4, 0.5) is 0 Å². The highest BCUT2D eigenvalue weighted by atomic mass is 32.1. The molecule has 0 fully saturated rings. The van der Waals surface area contributed by atoms with Gasteiger partial charge in [-0.05, 0) is 55.7 Å². The number of aliphatic hydroxyl groups is 1. The van der Waals surface area contributed by atoms with Crippen LogP contribution in [0.3, 0.4) is 0 Å². The third-order valence-electron chi connectivity index (χ3n) is 3.69. The lowest BCUT2D eigenvalue weighted by Gasteiger charge is -2.10. The maximum absolute atomic E-state index is 10.5. The fourth-order valence-corrected chi connectivity index (χ4v) is 3.57. The first-order chi connectivity index (χ1) is 9.04. The third-order valence-corrected chi connectivity index (χ3v) is 4.90. The Bertz CT molecular complexity index is 596. The van der Waals surface area contributed by atoms with E-state index in [2.05, 4.69) is 32.9 Å². The van der Waals surface area contributed by atoms with Gasteiger partial charge in [-0.25, -0.2) is 0 Å². The van der Waals surface area contributed by atoms with Crippen LogP contribution in [0.5, 0.6) is 5.75 Å². The van der Waals surface area contributed by atoms with Crippen molar-refractivity contribution in [2.45, 2.75) is 39.4 Å². The molecule has 3 rings (SSSR count). The summed E-state index contributed by atoms with van der Waals surface area (Å²) in [6.45, 7) is 6.25. The van der Waals surface area contributed by atoms with Crippen LogP contribution < -0.4 is 4.74 Å². The van der Waals surface area contributed by atoms with Crippen molar-refractivity contribution in [3.63, 3.8) is 0 Å². The molecule has 0 aliphatic carbocycles. The van der Waals surface area contributed by atoms with E-state index in [1.54, 1.807) is 11.3 Å². The number of hydrogen-bond acceptors (Lipinski definition) is 3. The second kappa shape index (κ2) is 4.66. The van der Waals surface area contributed by atoms with Gasteiger partial charge in [-0.1, -0.05) is 6.07 Å². The molecule has 0 amide bonds. The lowest BCUT2D eigenvalue weighted by molar-refractivity contribution is 0.224. The minimum atomic E-state index is -0.529. The second-order valence-corrected chi connectivity index (χ2v) is 6.58. The van der Waals surface area contributed by atoms with Crippen molar-refractivity contribution in [3.05, 3.63) is 50.7 Å². The molecular weight excluding hydrogens is 256 g/mol. The maximum atomic E-state index is 10.5. The van der Waals surface area contributed by atoms with E-state index >= 15 is 0 Å². The van der Waals surface area contributed by atoms with E-state index in [9.17, 15) is 5.11 Å². The number of ether oxygens (including phenoxy) is 1. The van der Waals surface area contributed by atoms with Crippen LogP contribution >= 0.6 is 11.3 Å². The Balaban J connectivity index is 1.92. The molecule has 2 atom stereocenters. The summed E-state index contributed by atoms with van der Waals surface area (Å²) in [6, 6.07) is 8.10. The normalized spacial score (nSPS) is 19.1. The Morgan fingerprint density at radius 1 is 1.32 bits per heavy atom. The molecule has 2 nitrogen and oxygen atoms in total. The zero-order valence-electron chi connectivity index (χ0n) is 11.4. The van der Waals surface area contributed by atoms with Crippen molar-refractivity contribution in [2.24, 2.45) is 0 Å². The summed E-state index contributed by atoms with van der Waals surface area (Å²) in [6.07, 6.45) is 0.644. The number of aliphatic hydroxyl groups excluding tert-OH is 1. The van der Waals surface area contributed by atoms with Gasteiger partial charge < -0.3 is 9.84 Å². The van der Waals surface area contributed by atoms with Gasteiger partial charge >= 0.3 is 0 Å². The molecule has 1 aliphatic heterocycles. The first-order valence-corrected chi connectivity index (χ1v) is 7.40. The summed E-state index contributed by atoms with van der Waals surface area (Å²) in [5.74, 6) is 0.960. The molecule has 2 heterocycles. The van der Waals surface area contributed by atoms with Crippen molar-refractivity contribution in [2.75, 3.05) is 0 Å². The van der Waals surface area contributed by atoms with Crippen LogP contribution in [-0.4, -0.2) is 11.2 Å². The Morgan fingerprint density at radius 2 is 2.11 bits per heavy atom. The molecule has 19 heavy (non-hydrogen) atoms. The molecule has 100 valence electrons. The van der Waals surface area contributed by atoms with Crippen LogP contribution in [-0.2, 0) is 6.42 Å². The first-order valence-electron chi connectivity index (χ1n) is 6.59. The average Bonchev–Trinajstić information content (AvgIpc) is 2.90. The predicted molar refractivity (Wildman–Crippen MR) is 78.1 cm³/mol. The highest BCUT2D eigenvalue weighted by Gasteiger charge is 2.21. The summed E-state index contributed by atoms with van der Waals surface area (Å²) < 4.78 is 5.69. The van der Waals surface area contributed by atoms with Crippen molar-refractivity contribution in [1.29, 1.82) is 0 Å². The van der Waals surface area contributed by atoms with Gasteiger partial charge in [-0.3, -0.25) is 0 Å². The van der Waals surface area contributed by atoms with E-state index < -0.39 is 6.10 Å². The largest absolute Gasteiger partial charge is 0.490 e. The summed E-state index contributed by atoms with van der Waals surface area (Å²) >= 11 is 1.67. The topological polar surface area (TPSA) is 29.5 Å². The van der Waals surface area contributed by atoms with E-state index in [1.807, 2.05) is 12.1 Å². The van der Waals surface area contributed by atoms with Crippen LogP contribution in [0, 0.1) is 13.8 Å². The number of rotatable bonds is 2. The van der Waals surface area contributed by atoms with Crippen LogP contribution in [0.2, 0.25) is 0 Å². The smallest absolute Gasteiger partial charge is 0.123 e. The Kier molecular flexibility index (Phi) is 3.11. The lowest BCUT2D eigenvalue weighted by Crippen LogP contribution is -2.05. The van der Waals surface area contributed by atoms with Gasteiger partial charge in [-0.2, -0.15) is 0 Å². The molecule has 0 saturated heterocycles. The van der Waals surface area contributed by atoms with E-state index in [-0.39, 0.29) is 6.10 Å². The second-order valence-electron chi connectivity index (χ2n) is 5.29. The number of fused-ring (bicyclic) bond motifs is 1. The Hall–Kier alpha value is -1.32. The zero-order chi connectivity index (χ0) is 13.6. The number of benzene rings is 1. The average molecular weight is 274 g/mol. The van der Waals surface area contributed by atoms with Crippen molar-refractivity contribution in [1.82, 2.24) is 0 Å². The van der Waals surface area contributed by atoms with Gasteiger partial charge in [0, 0.05) is 16.2 Å². The van der Waals surface area contributed by atoms with Crippen LogP contribution in [0.15, 0.2) is 24.3 Å². The van der Waals surface area contributed by atoms with Crippen LogP contribution in [0.25, 0.3) is 0 Å². The van der Waals surface area contributed by atoms with Crippen molar-refractivity contribution < 1.29 is 9.84 Å². The Morgan fingerprint density at radius 3 is 2.79 bits per heavy atom. The SMILES string of the molecule is Cc1cc(C(O)c2ccc3c(c2)CC(C)O3)sc1C. The molecule has 1 aliphatic rings. The quantitative estimate of drug-likeness (QED) is 0.903. The van der Waals surface area contributed by atoms with E-state index in [4.69, 9.17) is 4.74 Å². The van der Waals surface area contributed by atoms with Crippen LogP contribution in [0.1, 0.15) is 39.5 Å².